The van der Waals surface area contributed by atoms with Gasteiger partial charge in [0.25, 0.3) is 0 Å². The number of carbonyl (C=O) groups excluding carboxylic acids is 2. The Labute approximate surface area is 168 Å². The van der Waals surface area contributed by atoms with Gasteiger partial charge in [-0.25, -0.2) is 20.4 Å². The molecule has 0 saturated heterocycles. The fourth-order valence-electron chi connectivity index (χ4n) is 3.50. The first kappa shape index (κ1) is 18.6. The zero-order chi connectivity index (χ0) is 20.1. The van der Waals surface area contributed by atoms with E-state index in [1.54, 1.807) is 0 Å². The van der Waals surface area contributed by atoms with Crippen LogP contribution in [0, 0.1) is 0 Å². The Balaban J connectivity index is 1.28. The van der Waals surface area contributed by atoms with E-state index in [1.165, 1.54) is 0 Å². The summed E-state index contributed by atoms with van der Waals surface area (Å²) in [4.78, 5) is 23.7. The molecule has 29 heavy (non-hydrogen) atoms. The van der Waals surface area contributed by atoms with Gasteiger partial charge >= 0.3 is 12.2 Å². The number of rotatable bonds is 4. The van der Waals surface area contributed by atoms with Gasteiger partial charge in [0.05, 0.1) is 0 Å². The maximum Gasteiger partial charge on any atom is 0.426 e. The summed E-state index contributed by atoms with van der Waals surface area (Å²) in [5.41, 5.74) is 9.79. The fraction of sp³-hybridized carbons (Fsp3) is 0.130. The molecule has 6 nitrogen and oxygen atoms in total. The van der Waals surface area contributed by atoms with E-state index in [-0.39, 0.29) is 19.1 Å². The molecule has 3 aromatic carbocycles. The third kappa shape index (κ3) is 4.21. The minimum atomic E-state index is -0.762. The standard InChI is InChI=1S/C23H20N2O4/c26-22(28-14-16-8-2-1-3-9-16)24-25-23(27)29-15-21-19-12-6-4-10-17(19)18-11-5-7-13-20(18)21/h1-13,21H,14-15H2,(H,24,26)(H,25,27). The lowest BCUT2D eigenvalue weighted by molar-refractivity contribution is 0.119. The van der Waals surface area contributed by atoms with E-state index < -0.39 is 12.2 Å². The van der Waals surface area contributed by atoms with Crippen molar-refractivity contribution in [2.75, 3.05) is 6.61 Å². The average molecular weight is 388 g/mol. The highest BCUT2D eigenvalue weighted by Gasteiger charge is 2.29. The van der Waals surface area contributed by atoms with Gasteiger partial charge in [0.2, 0.25) is 0 Å². The molecule has 0 unspecified atom stereocenters. The van der Waals surface area contributed by atoms with E-state index in [1.807, 2.05) is 66.7 Å². The van der Waals surface area contributed by atoms with E-state index in [9.17, 15) is 9.59 Å². The molecule has 146 valence electrons. The van der Waals surface area contributed by atoms with Crippen LogP contribution in [0.4, 0.5) is 9.59 Å². The first-order valence-corrected chi connectivity index (χ1v) is 9.30. The molecule has 0 fully saturated rings. The van der Waals surface area contributed by atoms with Crippen molar-refractivity contribution in [1.29, 1.82) is 0 Å². The Morgan fingerprint density at radius 2 is 1.21 bits per heavy atom. The lowest BCUT2D eigenvalue weighted by atomic mass is 9.98. The van der Waals surface area contributed by atoms with Gasteiger partial charge in [0, 0.05) is 5.92 Å². The maximum atomic E-state index is 12.0. The zero-order valence-electron chi connectivity index (χ0n) is 15.6. The quantitative estimate of drug-likeness (QED) is 0.651. The van der Waals surface area contributed by atoms with Crippen LogP contribution in [-0.2, 0) is 16.1 Å². The summed E-state index contributed by atoms with van der Waals surface area (Å²) in [5, 5.41) is 0. The number of benzene rings is 3. The Kier molecular flexibility index (Phi) is 5.42. The second-order valence-corrected chi connectivity index (χ2v) is 6.64. The van der Waals surface area contributed by atoms with Crippen LogP contribution >= 0.6 is 0 Å². The predicted molar refractivity (Wildman–Crippen MR) is 108 cm³/mol. The summed E-state index contributed by atoms with van der Waals surface area (Å²) in [6, 6.07) is 25.4. The minimum Gasteiger partial charge on any atom is -0.447 e. The number of hydrogen-bond acceptors (Lipinski definition) is 4. The van der Waals surface area contributed by atoms with E-state index in [4.69, 9.17) is 9.47 Å². The number of carbonyl (C=O) groups is 2. The van der Waals surface area contributed by atoms with E-state index in [0.717, 1.165) is 27.8 Å². The number of hydrogen-bond donors (Lipinski definition) is 2. The lowest BCUT2D eigenvalue weighted by Crippen LogP contribution is -2.42. The van der Waals surface area contributed by atoms with Gasteiger partial charge in [-0.1, -0.05) is 78.9 Å². The summed E-state index contributed by atoms with van der Waals surface area (Å²) in [7, 11) is 0. The number of fused-ring (bicyclic) bond motifs is 3. The van der Waals surface area contributed by atoms with Crippen LogP contribution in [0.1, 0.15) is 22.6 Å². The second kappa shape index (κ2) is 8.48. The van der Waals surface area contributed by atoms with Crippen molar-refractivity contribution < 1.29 is 19.1 Å². The van der Waals surface area contributed by atoms with Crippen molar-refractivity contribution in [3.05, 3.63) is 95.6 Å². The van der Waals surface area contributed by atoms with Crippen LogP contribution in [0.3, 0.4) is 0 Å². The molecule has 0 aromatic heterocycles. The normalized spacial score (nSPS) is 11.9. The van der Waals surface area contributed by atoms with Crippen LogP contribution in [0.15, 0.2) is 78.9 Å². The third-order valence-corrected chi connectivity index (χ3v) is 4.82. The number of ether oxygens (including phenoxy) is 2. The molecular weight excluding hydrogens is 368 g/mol. The molecule has 0 atom stereocenters. The molecule has 0 heterocycles. The van der Waals surface area contributed by atoms with Crippen LogP contribution in [-0.4, -0.2) is 18.8 Å². The van der Waals surface area contributed by atoms with Gasteiger partial charge in [0.15, 0.2) is 0 Å². The first-order valence-electron chi connectivity index (χ1n) is 9.30. The van der Waals surface area contributed by atoms with Crippen LogP contribution < -0.4 is 10.9 Å². The molecule has 2 N–H and O–H groups in total. The van der Waals surface area contributed by atoms with Crippen molar-refractivity contribution in [2.24, 2.45) is 0 Å². The topological polar surface area (TPSA) is 76.7 Å². The molecule has 4 rings (SSSR count). The van der Waals surface area contributed by atoms with E-state index in [2.05, 4.69) is 23.0 Å². The van der Waals surface area contributed by atoms with E-state index in [0.29, 0.717) is 0 Å². The highest BCUT2D eigenvalue weighted by molar-refractivity contribution is 5.79. The van der Waals surface area contributed by atoms with Gasteiger partial charge in [0.1, 0.15) is 13.2 Å². The number of hydrazine groups is 1. The van der Waals surface area contributed by atoms with Gasteiger partial charge in [-0.2, -0.15) is 0 Å². The van der Waals surface area contributed by atoms with Crippen molar-refractivity contribution >= 4 is 12.2 Å². The van der Waals surface area contributed by atoms with E-state index >= 15 is 0 Å². The highest BCUT2D eigenvalue weighted by Crippen LogP contribution is 2.44. The van der Waals surface area contributed by atoms with Gasteiger partial charge < -0.3 is 9.47 Å². The number of nitrogens with one attached hydrogen (secondary N) is 2. The Bertz CT molecular complexity index is 975. The maximum absolute atomic E-state index is 12.0. The van der Waals surface area contributed by atoms with Gasteiger partial charge in [-0.15, -0.1) is 0 Å². The molecule has 0 aliphatic heterocycles. The average Bonchev–Trinajstić information content (AvgIpc) is 3.09. The molecule has 2 amide bonds. The molecule has 0 radical (unpaired) electrons. The summed E-state index contributed by atoms with van der Waals surface area (Å²) in [6.45, 7) is 0.277. The Morgan fingerprint density at radius 3 is 1.83 bits per heavy atom. The summed E-state index contributed by atoms with van der Waals surface area (Å²) in [6.07, 6.45) is -1.51. The smallest absolute Gasteiger partial charge is 0.426 e. The van der Waals surface area contributed by atoms with Crippen LogP contribution in [0.2, 0.25) is 0 Å². The Hall–Kier alpha value is -3.80. The zero-order valence-corrected chi connectivity index (χ0v) is 15.6. The van der Waals surface area contributed by atoms with Gasteiger partial charge in [-0.05, 0) is 27.8 Å². The molecule has 0 bridgehead atoms. The predicted octanol–water partition coefficient (Wildman–Crippen LogP) is 4.37. The largest absolute Gasteiger partial charge is 0.447 e. The monoisotopic (exact) mass is 388 g/mol. The molecule has 3 aromatic rings. The lowest BCUT2D eigenvalue weighted by Gasteiger charge is -2.14. The third-order valence-electron chi connectivity index (χ3n) is 4.82. The van der Waals surface area contributed by atoms with Crippen LogP contribution in [0.25, 0.3) is 11.1 Å². The first-order chi connectivity index (χ1) is 14.2. The molecule has 0 spiro atoms. The summed E-state index contributed by atoms with van der Waals surface area (Å²) in [5.74, 6) is -0.0433. The molecule has 6 heteroatoms. The van der Waals surface area contributed by atoms with Crippen molar-refractivity contribution in [1.82, 2.24) is 10.9 Å². The fourth-order valence-corrected chi connectivity index (χ4v) is 3.50. The minimum absolute atomic E-state index is 0.0433. The van der Waals surface area contributed by atoms with Crippen molar-refractivity contribution in [2.45, 2.75) is 12.5 Å². The highest BCUT2D eigenvalue weighted by atomic mass is 16.6. The summed E-state index contributed by atoms with van der Waals surface area (Å²) >= 11 is 0. The SMILES string of the molecule is O=C(NNC(=O)OCC1c2ccccc2-c2ccccc21)OCc1ccccc1. The molecular formula is C23H20N2O4. The van der Waals surface area contributed by atoms with Gasteiger partial charge in [-0.3, -0.25) is 0 Å². The summed E-state index contributed by atoms with van der Waals surface area (Å²) < 4.78 is 10.4. The van der Waals surface area contributed by atoms with Crippen LogP contribution in [0.5, 0.6) is 0 Å². The Morgan fingerprint density at radius 1 is 0.690 bits per heavy atom. The second-order valence-electron chi connectivity index (χ2n) is 6.64. The van der Waals surface area contributed by atoms with Crippen molar-refractivity contribution in [3.8, 4) is 11.1 Å². The molecule has 1 aliphatic carbocycles. The molecule has 1 aliphatic rings. The molecule has 0 saturated carbocycles. The number of amides is 2. The van der Waals surface area contributed by atoms with Crippen molar-refractivity contribution in [3.63, 3.8) is 0 Å².